The molecule has 2 aliphatic rings. The summed E-state index contributed by atoms with van der Waals surface area (Å²) in [7, 11) is 0. The Hall–Kier alpha value is -3.29. The van der Waals surface area contributed by atoms with Crippen LogP contribution in [0.1, 0.15) is 48.0 Å². The topological polar surface area (TPSA) is 110 Å². The van der Waals surface area contributed by atoms with Crippen LogP contribution >= 0.6 is 0 Å². The number of aromatic nitrogens is 2. The molecular formula is C21H22N4O4. The monoisotopic (exact) mass is 394 g/mol. The van der Waals surface area contributed by atoms with Crippen LogP contribution in [0, 0.1) is 0 Å². The van der Waals surface area contributed by atoms with Crippen molar-refractivity contribution in [2.45, 2.75) is 44.6 Å². The Kier molecular flexibility index (Phi) is 4.37. The molecule has 1 aliphatic heterocycles. The molecule has 0 saturated carbocycles. The first-order valence-corrected chi connectivity index (χ1v) is 9.43. The van der Waals surface area contributed by atoms with Gasteiger partial charge in [0.25, 0.3) is 5.91 Å². The zero-order chi connectivity index (χ0) is 20.8. The van der Waals surface area contributed by atoms with Gasteiger partial charge in [-0.05, 0) is 56.9 Å². The molecule has 0 bridgehead atoms. The summed E-state index contributed by atoms with van der Waals surface area (Å²) < 4.78 is 5.18. The van der Waals surface area contributed by atoms with Gasteiger partial charge >= 0.3 is 5.97 Å². The molecule has 0 saturated heterocycles. The third-order valence-electron chi connectivity index (χ3n) is 5.10. The van der Waals surface area contributed by atoms with E-state index in [0.717, 1.165) is 16.7 Å². The number of nitrogens with zero attached hydrogens (tertiary/aromatic N) is 2. The third kappa shape index (κ3) is 3.46. The SMILES string of the molecule is CC(C)(C)OC(=O)CNC(=O)c1cc2c(cn1)CC1(C2)C(=O)Nc2ncccc21. The Morgan fingerprint density at radius 2 is 2.00 bits per heavy atom. The number of hydrogen-bond acceptors (Lipinski definition) is 6. The van der Waals surface area contributed by atoms with Crippen molar-refractivity contribution < 1.29 is 19.1 Å². The molecule has 2 amide bonds. The number of fused-ring (bicyclic) bond motifs is 3. The van der Waals surface area contributed by atoms with Gasteiger partial charge in [-0.15, -0.1) is 0 Å². The minimum Gasteiger partial charge on any atom is -0.459 e. The highest BCUT2D eigenvalue weighted by Crippen LogP contribution is 2.46. The molecule has 0 aromatic carbocycles. The van der Waals surface area contributed by atoms with Crippen LogP contribution in [0.5, 0.6) is 0 Å². The smallest absolute Gasteiger partial charge is 0.325 e. The maximum Gasteiger partial charge on any atom is 0.325 e. The Morgan fingerprint density at radius 3 is 2.76 bits per heavy atom. The molecule has 1 spiro atoms. The highest BCUT2D eigenvalue weighted by atomic mass is 16.6. The lowest BCUT2D eigenvalue weighted by atomic mass is 9.79. The predicted octanol–water partition coefficient (Wildman–Crippen LogP) is 1.54. The highest BCUT2D eigenvalue weighted by molar-refractivity contribution is 6.06. The van der Waals surface area contributed by atoms with Gasteiger partial charge < -0.3 is 15.4 Å². The summed E-state index contributed by atoms with van der Waals surface area (Å²) in [6.07, 6.45) is 4.27. The Balaban J connectivity index is 1.50. The molecule has 1 aliphatic carbocycles. The van der Waals surface area contributed by atoms with Crippen LogP contribution in [0.3, 0.4) is 0 Å². The molecule has 29 heavy (non-hydrogen) atoms. The number of anilines is 1. The van der Waals surface area contributed by atoms with Crippen molar-refractivity contribution in [3.05, 3.63) is 53.0 Å². The summed E-state index contributed by atoms with van der Waals surface area (Å²) in [4.78, 5) is 45.4. The zero-order valence-corrected chi connectivity index (χ0v) is 16.5. The van der Waals surface area contributed by atoms with Gasteiger partial charge in [0.1, 0.15) is 23.7 Å². The lowest BCUT2D eigenvalue weighted by Crippen LogP contribution is -2.35. The van der Waals surface area contributed by atoms with Crippen molar-refractivity contribution in [1.29, 1.82) is 0 Å². The molecular weight excluding hydrogens is 372 g/mol. The van der Waals surface area contributed by atoms with Crippen LogP contribution < -0.4 is 10.6 Å². The average Bonchev–Trinajstić information content (AvgIpc) is 3.16. The summed E-state index contributed by atoms with van der Waals surface area (Å²) in [5, 5.41) is 5.39. The van der Waals surface area contributed by atoms with E-state index >= 15 is 0 Å². The molecule has 1 atom stereocenters. The van der Waals surface area contributed by atoms with Crippen molar-refractivity contribution in [3.8, 4) is 0 Å². The number of ether oxygens (including phenoxy) is 1. The number of hydrogen-bond donors (Lipinski definition) is 2. The van der Waals surface area contributed by atoms with Gasteiger partial charge in [-0.1, -0.05) is 6.07 Å². The molecule has 2 aromatic rings. The van der Waals surface area contributed by atoms with Crippen LogP contribution in [-0.4, -0.2) is 39.9 Å². The molecule has 1 unspecified atom stereocenters. The fourth-order valence-electron chi connectivity index (χ4n) is 3.90. The second-order valence-electron chi connectivity index (χ2n) is 8.40. The van der Waals surface area contributed by atoms with E-state index in [0.29, 0.717) is 18.7 Å². The number of carbonyl (C=O) groups is 3. The normalized spacial score (nSPS) is 19.5. The van der Waals surface area contributed by atoms with E-state index in [9.17, 15) is 14.4 Å². The number of pyridine rings is 2. The molecule has 2 N–H and O–H groups in total. The van der Waals surface area contributed by atoms with E-state index in [1.165, 1.54) is 0 Å². The molecule has 8 heteroatoms. The van der Waals surface area contributed by atoms with Crippen LogP contribution in [0.2, 0.25) is 0 Å². The van der Waals surface area contributed by atoms with Gasteiger partial charge in [0, 0.05) is 18.0 Å². The lowest BCUT2D eigenvalue weighted by Gasteiger charge is -2.20. The Morgan fingerprint density at radius 1 is 1.24 bits per heavy atom. The third-order valence-corrected chi connectivity index (χ3v) is 5.10. The van der Waals surface area contributed by atoms with Crippen molar-refractivity contribution in [2.75, 3.05) is 11.9 Å². The molecule has 8 nitrogen and oxygen atoms in total. The predicted molar refractivity (Wildman–Crippen MR) is 104 cm³/mol. The van der Waals surface area contributed by atoms with Gasteiger partial charge in [0.15, 0.2) is 0 Å². The number of rotatable bonds is 3. The second kappa shape index (κ2) is 6.65. The summed E-state index contributed by atoms with van der Waals surface area (Å²) in [5.74, 6) is -0.470. The maximum atomic E-state index is 12.7. The fraction of sp³-hybridized carbons (Fsp3) is 0.381. The molecule has 0 fully saturated rings. The molecule has 0 radical (unpaired) electrons. The summed E-state index contributed by atoms with van der Waals surface area (Å²) in [6.45, 7) is 5.05. The van der Waals surface area contributed by atoms with Gasteiger partial charge in [-0.2, -0.15) is 0 Å². The van der Waals surface area contributed by atoms with Gasteiger partial charge in [-0.25, -0.2) is 4.98 Å². The number of amides is 2. The lowest BCUT2D eigenvalue weighted by molar-refractivity contribution is -0.153. The number of nitrogens with one attached hydrogen (secondary N) is 2. The van der Waals surface area contributed by atoms with Crippen LogP contribution in [0.25, 0.3) is 0 Å². The summed E-state index contributed by atoms with van der Waals surface area (Å²) in [6, 6.07) is 5.42. The van der Waals surface area contributed by atoms with E-state index in [1.54, 1.807) is 39.2 Å². The van der Waals surface area contributed by atoms with E-state index in [1.807, 2.05) is 12.1 Å². The summed E-state index contributed by atoms with van der Waals surface area (Å²) >= 11 is 0. The Labute approximate surface area is 168 Å². The van der Waals surface area contributed by atoms with E-state index in [4.69, 9.17) is 4.74 Å². The minimum absolute atomic E-state index is 0.0849. The maximum absolute atomic E-state index is 12.7. The number of carbonyl (C=O) groups excluding carboxylic acids is 3. The zero-order valence-electron chi connectivity index (χ0n) is 16.5. The minimum atomic E-state index is -0.709. The molecule has 150 valence electrons. The van der Waals surface area contributed by atoms with Gasteiger partial charge in [0.2, 0.25) is 5.91 Å². The summed E-state index contributed by atoms with van der Waals surface area (Å²) in [5.41, 5.74) is 1.58. The van der Waals surface area contributed by atoms with Crippen LogP contribution in [0.4, 0.5) is 5.82 Å². The average molecular weight is 394 g/mol. The van der Waals surface area contributed by atoms with Gasteiger partial charge in [0.05, 0.1) is 5.41 Å². The van der Waals surface area contributed by atoms with Crippen molar-refractivity contribution in [1.82, 2.24) is 15.3 Å². The van der Waals surface area contributed by atoms with Crippen LogP contribution in [0.15, 0.2) is 30.6 Å². The fourth-order valence-corrected chi connectivity index (χ4v) is 3.90. The van der Waals surface area contributed by atoms with E-state index in [-0.39, 0.29) is 18.1 Å². The number of esters is 1. The largest absolute Gasteiger partial charge is 0.459 e. The van der Waals surface area contributed by atoms with E-state index < -0.39 is 22.9 Å². The quantitative estimate of drug-likeness (QED) is 0.764. The first-order valence-electron chi connectivity index (χ1n) is 9.43. The van der Waals surface area contributed by atoms with Crippen LogP contribution in [-0.2, 0) is 32.6 Å². The first kappa shape index (κ1) is 19.0. The van der Waals surface area contributed by atoms with Crippen molar-refractivity contribution >= 4 is 23.6 Å². The Bertz CT molecular complexity index is 1030. The van der Waals surface area contributed by atoms with Gasteiger partial charge in [-0.3, -0.25) is 19.4 Å². The standard InChI is InChI=1S/C21H22N4O4/c1-20(2,3)29-16(26)11-24-18(27)15-7-12-8-21(9-13(12)10-23-15)14-5-4-6-22-17(14)25-19(21)28/h4-7,10H,8-9,11H2,1-3H3,(H,24,27)(H,22,25,28). The van der Waals surface area contributed by atoms with Crippen molar-refractivity contribution in [3.63, 3.8) is 0 Å². The first-order chi connectivity index (χ1) is 13.7. The molecule has 2 aromatic heterocycles. The second-order valence-corrected chi connectivity index (χ2v) is 8.40. The van der Waals surface area contributed by atoms with E-state index in [2.05, 4.69) is 20.6 Å². The highest BCUT2D eigenvalue weighted by Gasteiger charge is 2.51. The molecule has 4 rings (SSSR count). The van der Waals surface area contributed by atoms with Crippen molar-refractivity contribution in [2.24, 2.45) is 0 Å². The molecule has 3 heterocycles.